The zero-order valence-corrected chi connectivity index (χ0v) is 21.2. The molecule has 3 unspecified atom stereocenters. The van der Waals surface area contributed by atoms with Crippen molar-refractivity contribution in [3.8, 4) is 0 Å². The Labute approximate surface area is 219 Å². The summed E-state index contributed by atoms with van der Waals surface area (Å²) >= 11 is 0. The zero-order valence-electron chi connectivity index (χ0n) is 21.2. The van der Waals surface area contributed by atoms with Gasteiger partial charge in [0.25, 0.3) is 0 Å². The molecule has 2 amide bonds. The van der Waals surface area contributed by atoms with Crippen molar-refractivity contribution in [3.63, 3.8) is 0 Å². The van der Waals surface area contributed by atoms with Crippen molar-refractivity contribution in [2.24, 2.45) is 0 Å². The molecule has 1 fully saturated rings. The van der Waals surface area contributed by atoms with Gasteiger partial charge in [-0.05, 0) is 40.3 Å². The summed E-state index contributed by atoms with van der Waals surface area (Å²) in [4.78, 5) is 32.1. The third-order valence-electron chi connectivity index (χ3n) is 6.96. The summed E-state index contributed by atoms with van der Waals surface area (Å²) in [5.41, 5.74) is 3.24. The summed E-state index contributed by atoms with van der Waals surface area (Å²) < 4.78 is 31.0. The molecule has 0 spiro atoms. The summed E-state index contributed by atoms with van der Waals surface area (Å²) in [7, 11) is 0. The highest BCUT2D eigenvalue weighted by molar-refractivity contribution is 5.89. The standard InChI is InChI=1S/C29H29F2N5O2/c1-18(2)23-10-9-21(13-24(23)31)28(20-6-4-3-5-7-20)34-29(38)25-14-22(30)16-35(25)27(37)12-19-8-11-26-32-17-33-36(26)15-19/h3-11,13,15,17-18,22,25,28H,12,14,16H2,1-2H3,(H,34,38). The lowest BCUT2D eigenvalue weighted by Gasteiger charge is -2.27. The molecule has 3 atom stereocenters. The van der Waals surface area contributed by atoms with Gasteiger partial charge in [-0.25, -0.2) is 18.3 Å². The molecule has 1 aliphatic rings. The molecule has 0 radical (unpaired) electrons. The largest absolute Gasteiger partial charge is 0.343 e. The van der Waals surface area contributed by atoms with E-state index in [1.165, 1.54) is 17.3 Å². The van der Waals surface area contributed by atoms with Gasteiger partial charge in [-0.15, -0.1) is 0 Å². The van der Waals surface area contributed by atoms with Gasteiger partial charge in [0.15, 0.2) is 5.65 Å². The molecule has 1 N–H and O–H groups in total. The Morgan fingerprint density at radius 1 is 1.08 bits per heavy atom. The highest BCUT2D eigenvalue weighted by Crippen LogP contribution is 2.28. The number of hydrogen-bond donors (Lipinski definition) is 1. The van der Waals surface area contributed by atoms with E-state index >= 15 is 0 Å². The van der Waals surface area contributed by atoms with Crippen molar-refractivity contribution in [1.82, 2.24) is 24.8 Å². The second-order valence-corrected chi connectivity index (χ2v) is 9.96. The first-order chi connectivity index (χ1) is 18.3. The molecule has 9 heteroatoms. The van der Waals surface area contributed by atoms with E-state index in [2.05, 4.69) is 15.4 Å². The summed E-state index contributed by atoms with van der Waals surface area (Å²) in [5.74, 6) is -1.17. The Hall–Kier alpha value is -4.14. The first kappa shape index (κ1) is 25.5. The molecular weight excluding hydrogens is 488 g/mol. The van der Waals surface area contributed by atoms with Crippen molar-refractivity contribution in [1.29, 1.82) is 0 Å². The third kappa shape index (κ3) is 5.27. The highest BCUT2D eigenvalue weighted by Gasteiger charge is 2.40. The van der Waals surface area contributed by atoms with E-state index in [-0.39, 0.29) is 37.0 Å². The number of rotatable bonds is 7. The Kier molecular flexibility index (Phi) is 7.18. The number of amides is 2. The number of fused-ring (bicyclic) bond motifs is 1. The average molecular weight is 518 g/mol. The minimum Gasteiger partial charge on any atom is -0.343 e. The predicted molar refractivity (Wildman–Crippen MR) is 139 cm³/mol. The number of likely N-dealkylation sites (tertiary alicyclic amines) is 1. The molecule has 2 aromatic carbocycles. The van der Waals surface area contributed by atoms with Crippen LogP contribution in [-0.4, -0.2) is 50.1 Å². The van der Waals surface area contributed by atoms with Gasteiger partial charge in [-0.1, -0.05) is 62.4 Å². The number of halogens is 2. The van der Waals surface area contributed by atoms with E-state index in [1.54, 1.807) is 35.0 Å². The number of hydrogen-bond acceptors (Lipinski definition) is 4. The molecule has 4 aromatic rings. The fourth-order valence-electron chi connectivity index (χ4n) is 4.98. The topological polar surface area (TPSA) is 79.6 Å². The molecule has 0 saturated carbocycles. The maximum Gasteiger partial charge on any atom is 0.243 e. The van der Waals surface area contributed by atoms with E-state index in [4.69, 9.17) is 0 Å². The molecule has 38 heavy (non-hydrogen) atoms. The normalized spacial score (nSPS) is 18.2. The molecule has 0 aliphatic carbocycles. The van der Waals surface area contributed by atoms with Crippen LogP contribution in [0.1, 0.15) is 54.5 Å². The van der Waals surface area contributed by atoms with Crippen LogP contribution in [0.25, 0.3) is 5.65 Å². The maximum atomic E-state index is 14.9. The van der Waals surface area contributed by atoms with Crippen molar-refractivity contribution in [3.05, 3.63) is 101 Å². The second-order valence-electron chi connectivity index (χ2n) is 9.96. The Morgan fingerprint density at radius 2 is 1.87 bits per heavy atom. The van der Waals surface area contributed by atoms with Crippen LogP contribution in [0.4, 0.5) is 8.78 Å². The van der Waals surface area contributed by atoms with Crippen LogP contribution in [-0.2, 0) is 16.0 Å². The van der Waals surface area contributed by atoms with Crippen LogP contribution in [0.3, 0.4) is 0 Å². The fourth-order valence-corrected chi connectivity index (χ4v) is 4.98. The van der Waals surface area contributed by atoms with Gasteiger partial charge in [0.2, 0.25) is 11.8 Å². The van der Waals surface area contributed by atoms with Crippen LogP contribution in [0, 0.1) is 5.82 Å². The number of aromatic nitrogens is 3. The smallest absolute Gasteiger partial charge is 0.243 e. The molecule has 2 aromatic heterocycles. The minimum atomic E-state index is -1.31. The summed E-state index contributed by atoms with van der Waals surface area (Å²) in [6.07, 6.45) is 1.70. The summed E-state index contributed by atoms with van der Waals surface area (Å²) in [6.45, 7) is 3.67. The lowest BCUT2D eigenvalue weighted by atomic mass is 9.94. The van der Waals surface area contributed by atoms with Crippen LogP contribution in [0.5, 0.6) is 0 Å². The first-order valence-electron chi connectivity index (χ1n) is 12.7. The number of benzene rings is 2. The zero-order chi connectivity index (χ0) is 26.8. The Bertz CT molecular complexity index is 1460. The summed E-state index contributed by atoms with van der Waals surface area (Å²) in [5, 5.41) is 7.05. The first-order valence-corrected chi connectivity index (χ1v) is 12.7. The molecule has 3 heterocycles. The van der Waals surface area contributed by atoms with Gasteiger partial charge in [0.1, 0.15) is 24.4 Å². The van der Waals surface area contributed by atoms with Crippen molar-refractivity contribution in [2.45, 2.75) is 50.9 Å². The Morgan fingerprint density at radius 3 is 2.61 bits per heavy atom. The molecule has 1 aliphatic heterocycles. The van der Waals surface area contributed by atoms with Gasteiger partial charge in [-0.2, -0.15) is 5.10 Å². The molecule has 0 bridgehead atoms. The SMILES string of the molecule is CC(C)c1ccc(C(NC(=O)C2CC(F)CN2C(=O)Cc2ccc3ncnn3c2)c2ccccc2)cc1F. The molecule has 1 saturated heterocycles. The molecular formula is C29H29F2N5O2. The van der Waals surface area contributed by atoms with Crippen LogP contribution in [0.2, 0.25) is 0 Å². The van der Waals surface area contributed by atoms with E-state index in [9.17, 15) is 18.4 Å². The maximum absolute atomic E-state index is 14.9. The quantitative estimate of drug-likeness (QED) is 0.395. The average Bonchev–Trinajstić information content (AvgIpc) is 3.53. The van der Waals surface area contributed by atoms with Gasteiger partial charge >= 0.3 is 0 Å². The number of pyridine rings is 1. The summed E-state index contributed by atoms with van der Waals surface area (Å²) in [6, 6.07) is 16.0. The van der Waals surface area contributed by atoms with E-state index in [0.29, 0.717) is 22.3 Å². The van der Waals surface area contributed by atoms with E-state index in [0.717, 1.165) is 5.56 Å². The number of nitrogens with zero attached hydrogens (tertiary/aromatic N) is 4. The Balaban J connectivity index is 1.38. The second kappa shape index (κ2) is 10.7. The van der Waals surface area contributed by atoms with Crippen molar-refractivity contribution < 1.29 is 18.4 Å². The van der Waals surface area contributed by atoms with E-state index in [1.807, 2.05) is 44.2 Å². The van der Waals surface area contributed by atoms with Gasteiger partial charge < -0.3 is 10.2 Å². The van der Waals surface area contributed by atoms with Crippen LogP contribution in [0.15, 0.2) is 73.2 Å². The lowest BCUT2D eigenvalue weighted by molar-refractivity contribution is -0.138. The predicted octanol–water partition coefficient (Wildman–Crippen LogP) is 4.38. The third-order valence-corrected chi connectivity index (χ3v) is 6.96. The van der Waals surface area contributed by atoms with Gasteiger partial charge in [-0.3, -0.25) is 9.59 Å². The van der Waals surface area contributed by atoms with Crippen LogP contribution < -0.4 is 5.32 Å². The minimum absolute atomic E-state index is 0.00368. The fraction of sp³-hybridized carbons (Fsp3) is 0.310. The number of carbonyl (C=O) groups is 2. The molecule has 5 rings (SSSR count). The van der Waals surface area contributed by atoms with Gasteiger partial charge in [0.05, 0.1) is 19.0 Å². The molecule has 7 nitrogen and oxygen atoms in total. The van der Waals surface area contributed by atoms with Crippen molar-refractivity contribution in [2.75, 3.05) is 6.54 Å². The number of nitrogens with one attached hydrogen (secondary N) is 1. The molecule has 196 valence electrons. The van der Waals surface area contributed by atoms with Gasteiger partial charge in [0, 0.05) is 12.6 Å². The number of alkyl halides is 1. The van der Waals surface area contributed by atoms with Crippen molar-refractivity contribution >= 4 is 17.5 Å². The lowest BCUT2D eigenvalue weighted by Crippen LogP contribution is -2.47. The van der Waals surface area contributed by atoms with Crippen LogP contribution >= 0.6 is 0 Å². The number of carbonyl (C=O) groups excluding carboxylic acids is 2. The highest BCUT2D eigenvalue weighted by atomic mass is 19.1. The van der Waals surface area contributed by atoms with E-state index < -0.39 is 24.2 Å². The monoisotopic (exact) mass is 517 g/mol.